The van der Waals surface area contributed by atoms with Gasteiger partial charge in [-0.1, -0.05) is 30.3 Å². The number of piperidine rings is 1. The summed E-state index contributed by atoms with van der Waals surface area (Å²) in [7, 11) is 0. The summed E-state index contributed by atoms with van der Waals surface area (Å²) in [5.74, 6) is 0.579. The smallest absolute Gasteiger partial charge is 0.274 e. The molecule has 0 saturated carbocycles. The maximum atomic E-state index is 13.2. The molecule has 1 aromatic carbocycles. The summed E-state index contributed by atoms with van der Waals surface area (Å²) in [5, 5.41) is 0. The zero-order chi connectivity index (χ0) is 24.5. The molecule has 0 N–H and O–H groups in total. The lowest BCUT2D eigenvalue weighted by Gasteiger charge is -2.33. The molecule has 35 heavy (non-hydrogen) atoms. The van der Waals surface area contributed by atoms with Crippen molar-refractivity contribution in [3.8, 4) is 0 Å². The maximum absolute atomic E-state index is 13.2. The Morgan fingerprint density at radius 1 is 1.00 bits per heavy atom. The summed E-state index contributed by atoms with van der Waals surface area (Å²) in [6, 6.07) is 10.6. The highest BCUT2D eigenvalue weighted by atomic mass is 16.5. The molecule has 0 unspecified atom stereocenters. The van der Waals surface area contributed by atoms with Crippen LogP contribution in [0.5, 0.6) is 0 Å². The Kier molecular flexibility index (Phi) is 9.20. The number of amides is 2. The van der Waals surface area contributed by atoms with E-state index in [0.717, 1.165) is 70.9 Å². The molecule has 2 amide bonds. The molecule has 2 aliphatic rings. The van der Waals surface area contributed by atoms with Crippen LogP contribution < -0.4 is 0 Å². The van der Waals surface area contributed by atoms with Crippen LogP contribution in [-0.2, 0) is 16.0 Å². The van der Waals surface area contributed by atoms with Crippen LogP contribution in [0, 0.1) is 12.8 Å². The number of hydrogen-bond donors (Lipinski definition) is 0. The number of aromatic nitrogens is 2. The van der Waals surface area contributed by atoms with Gasteiger partial charge in [0.15, 0.2) is 0 Å². The number of rotatable bonds is 9. The van der Waals surface area contributed by atoms with E-state index in [9.17, 15) is 9.59 Å². The second-order valence-electron chi connectivity index (χ2n) is 9.55. The number of carbonyl (C=O) groups is 2. The lowest BCUT2D eigenvalue weighted by molar-refractivity contribution is -0.132. The summed E-state index contributed by atoms with van der Waals surface area (Å²) < 4.78 is 5.43. The van der Waals surface area contributed by atoms with Crippen molar-refractivity contribution >= 4 is 11.8 Å². The van der Waals surface area contributed by atoms with E-state index in [-0.39, 0.29) is 11.8 Å². The zero-order valence-corrected chi connectivity index (χ0v) is 20.8. The van der Waals surface area contributed by atoms with Gasteiger partial charge < -0.3 is 14.5 Å². The van der Waals surface area contributed by atoms with Gasteiger partial charge in [-0.3, -0.25) is 19.5 Å². The van der Waals surface area contributed by atoms with E-state index in [1.807, 2.05) is 17.9 Å². The number of likely N-dealkylation sites (tertiary alicyclic amines) is 1. The van der Waals surface area contributed by atoms with Crippen molar-refractivity contribution in [1.29, 1.82) is 0 Å². The average molecular weight is 480 g/mol. The molecule has 4 rings (SSSR count). The van der Waals surface area contributed by atoms with Crippen molar-refractivity contribution < 1.29 is 14.3 Å². The lowest BCUT2D eigenvalue weighted by atomic mass is 9.90. The minimum Gasteiger partial charge on any atom is -0.379 e. The second-order valence-corrected chi connectivity index (χ2v) is 9.55. The fraction of sp³-hybridized carbons (Fsp3) is 0.556. The van der Waals surface area contributed by atoms with Gasteiger partial charge in [0.25, 0.3) is 5.91 Å². The number of benzene rings is 1. The number of carbonyl (C=O) groups excluding carboxylic acids is 2. The standard InChI is InChI=1S/C27H37N5O3/c1-22-20-29-25(21-28-22)27(34)32(14-13-30-15-17-35-18-16-30)12-9-26(33)31-10-7-24(8-11-31)19-23-5-3-2-4-6-23/h2-6,20-21,24H,7-19H2,1H3. The van der Waals surface area contributed by atoms with Crippen LogP contribution in [0.1, 0.15) is 41.0 Å². The molecule has 3 heterocycles. The van der Waals surface area contributed by atoms with Gasteiger partial charge in [0.1, 0.15) is 5.69 Å². The van der Waals surface area contributed by atoms with Gasteiger partial charge in [0, 0.05) is 58.4 Å². The predicted molar refractivity (Wildman–Crippen MR) is 134 cm³/mol. The number of aryl methyl sites for hydroxylation is 1. The molecule has 0 spiro atoms. The van der Waals surface area contributed by atoms with Gasteiger partial charge in [-0.25, -0.2) is 4.98 Å². The summed E-state index contributed by atoms with van der Waals surface area (Å²) in [4.78, 5) is 40.7. The molecule has 8 nitrogen and oxygen atoms in total. The molecule has 0 radical (unpaired) electrons. The Labute approximate surface area is 208 Å². The number of nitrogens with zero attached hydrogens (tertiary/aromatic N) is 5. The normalized spacial score (nSPS) is 17.3. The highest BCUT2D eigenvalue weighted by molar-refractivity contribution is 5.92. The zero-order valence-electron chi connectivity index (χ0n) is 20.8. The van der Waals surface area contributed by atoms with Crippen LogP contribution in [0.3, 0.4) is 0 Å². The van der Waals surface area contributed by atoms with Crippen molar-refractivity contribution in [2.24, 2.45) is 5.92 Å². The topological polar surface area (TPSA) is 78.9 Å². The molecule has 188 valence electrons. The molecule has 8 heteroatoms. The first kappa shape index (κ1) is 25.3. The Balaban J connectivity index is 1.29. The first-order valence-electron chi connectivity index (χ1n) is 12.8. The van der Waals surface area contributed by atoms with Gasteiger partial charge in [0.05, 0.1) is 25.1 Å². The monoisotopic (exact) mass is 479 g/mol. The number of hydrogen-bond acceptors (Lipinski definition) is 6. The van der Waals surface area contributed by atoms with Crippen LogP contribution in [0.15, 0.2) is 42.7 Å². The first-order valence-corrected chi connectivity index (χ1v) is 12.8. The Morgan fingerprint density at radius 2 is 1.74 bits per heavy atom. The van der Waals surface area contributed by atoms with E-state index in [2.05, 4.69) is 39.1 Å². The summed E-state index contributed by atoms with van der Waals surface area (Å²) >= 11 is 0. The van der Waals surface area contributed by atoms with Crippen LogP contribution in [0.4, 0.5) is 0 Å². The predicted octanol–water partition coefficient (Wildman–Crippen LogP) is 2.43. The van der Waals surface area contributed by atoms with Crippen LogP contribution in [-0.4, -0.2) is 95.5 Å². The van der Waals surface area contributed by atoms with E-state index in [1.54, 1.807) is 11.1 Å². The van der Waals surface area contributed by atoms with E-state index >= 15 is 0 Å². The minimum atomic E-state index is -0.167. The summed E-state index contributed by atoms with van der Waals surface area (Å²) in [6.45, 7) is 8.30. The van der Waals surface area contributed by atoms with Gasteiger partial charge in [-0.2, -0.15) is 0 Å². The molecule has 0 bridgehead atoms. The Hall–Kier alpha value is -2.84. The molecule has 0 aliphatic carbocycles. The number of ether oxygens (including phenoxy) is 1. The average Bonchev–Trinajstić information content (AvgIpc) is 2.90. The van der Waals surface area contributed by atoms with Crippen LogP contribution in [0.25, 0.3) is 0 Å². The third kappa shape index (κ3) is 7.57. The highest BCUT2D eigenvalue weighted by Gasteiger charge is 2.25. The first-order chi connectivity index (χ1) is 17.1. The third-order valence-corrected chi connectivity index (χ3v) is 7.01. The van der Waals surface area contributed by atoms with Crippen molar-refractivity contribution in [1.82, 2.24) is 24.7 Å². The Morgan fingerprint density at radius 3 is 2.43 bits per heavy atom. The minimum absolute atomic E-state index is 0.127. The maximum Gasteiger partial charge on any atom is 0.274 e. The molecule has 2 fully saturated rings. The van der Waals surface area contributed by atoms with E-state index in [1.165, 1.54) is 11.8 Å². The summed E-state index contributed by atoms with van der Waals surface area (Å²) in [6.07, 6.45) is 6.59. The fourth-order valence-corrected chi connectivity index (χ4v) is 4.79. The third-order valence-electron chi connectivity index (χ3n) is 7.01. The van der Waals surface area contributed by atoms with Crippen molar-refractivity contribution in [2.75, 3.05) is 59.0 Å². The van der Waals surface area contributed by atoms with Crippen molar-refractivity contribution in [3.05, 3.63) is 59.7 Å². The van der Waals surface area contributed by atoms with Gasteiger partial charge >= 0.3 is 0 Å². The largest absolute Gasteiger partial charge is 0.379 e. The molecule has 0 atom stereocenters. The van der Waals surface area contributed by atoms with Crippen LogP contribution >= 0.6 is 0 Å². The van der Waals surface area contributed by atoms with Crippen LogP contribution in [0.2, 0.25) is 0 Å². The van der Waals surface area contributed by atoms with E-state index < -0.39 is 0 Å². The second kappa shape index (κ2) is 12.7. The van der Waals surface area contributed by atoms with Gasteiger partial charge in [-0.05, 0) is 37.7 Å². The molecule has 2 aliphatic heterocycles. The molecule has 1 aromatic heterocycles. The van der Waals surface area contributed by atoms with Gasteiger partial charge in [-0.15, -0.1) is 0 Å². The number of morpholine rings is 1. The SMILES string of the molecule is Cc1cnc(C(=O)N(CCC(=O)N2CCC(Cc3ccccc3)CC2)CCN2CCOCC2)cn1. The fourth-order valence-electron chi connectivity index (χ4n) is 4.79. The molecular formula is C27H37N5O3. The van der Waals surface area contributed by atoms with E-state index in [4.69, 9.17) is 4.74 Å². The quantitative estimate of drug-likeness (QED) is 0.550. The lowest BCUT2D eigenvalue weighted by Crippen LogP contribution is -2.45. The molecule has 2 aromatic rings. The molecule has 2 saturated heterocycles. The van der Waals surface area contributed by atoms with E-state index in [0.29, 0.717) is 31.1 Å². The Bertz CT molecular complexity index is 939. The van der Waals surface area contributed by atoms with Crippen molar-refractivity contribution in [3.63, 3.8) is 0 Å². The van der Waals surface area contributed by atoms with Crippen molar-refractivity contribution in [2.45, 2.75) is 32.6 Å². The highest BCUT2D eigenvalue weighted by Crippen LogP contribution is 2.22. The van der Waals surface area contributed by atoms with Gasteiger partial charge in [0.2, 0.25) is 5.91 Å². The molecular weight excluding hydrogens is 442 g/mol. The summed E-state index contributed by atoms with van der Waals surface area (Å²) in [5.41, 5.74) is 2.46.